The van der Waals surface area contributed by atoms with Crippen LogP contribution < -0.4 is 5.32 Å². The second-order valence-electron chi connectivity index (χ2n) is 4.43. The fourth-order valence-electron chi connectivity index (χ4n) is 1.80. The largest absolute Gasteiger partial charge is 0.416 e. The maximum atomic E-state index is 12.7. The first-order chi connectivity index (χ1) is 9.36. The Morgan fingerprint density at radius 2 is 2.00 bits per heavy atom. The predicted octanol–water partition coefficient (Wildman–Crippen LogP) is 5.27. The molecule has 0 spiro atoms. The second kappa shape index (κ2) is 6.16. The van der Waals surface area contributed by atoms with E-state index in [1.165, 1.54) is 23.5 Å². The molecule has 0 amide bonds. The number of hydrogen-bond acceptors (Lipinski definition) is 2. The molecule has 20 heavy (non-hydrogen) atoms. The SMILES string of the molecule is CC(NCc1ccc(Cl)s1)c1cccc(C(F)(F)F)c1. The lowest BCUT2D eigenvalue weighted by Crippen LogP contribution is -2.18. The normalized spacial score (nSPS) is 13.4. The molecule has 2 aromatic rings. The number of thiophene rings is 1. The zero-order chi connectivity index (χ0) is 14.8. The smallest absolute Gasteiger partial charge is 0.305 e. The highest BCUT2D eigenvalue weighted by Gasteiger charge is 2.30. The number of nitrogens with one attached hydrogen (secondary N) is 1. The highest BCUT2D eigenvalue weighted by molar-refractivity contribution is 7.16. The molecule has 108 valence electrons. The van der Waals surface area contributed by atoms with Crippen LogP contribution in [0.2, 0.25) is 4.34 Å². The van der Waals surface area contributed by atoms with Gasteiger partial charge in [0.25, 0.3) is 0 Å². The number of benzene rings is 1. The van der Waals surface area contributed by atoms with Crippen molar-refractivity contribution in [3.63, 3.8) is 0 Å². The summed E-state index contributed by atoms with van der Waals surface area (Å²) in [6, 6.07) is 8.91. The monoisotopic (exact) mass is 319 g/mol. The van der Waals surface area contributed by atoms with Crippen molar-refractivity contribution in [1.82, 2.24) is 5.32 Å². The second-order valence-corrected chi connectivity index (χ2v) is 6.23. The third kappa shape index (κ3) is 3.98. The molecule has 1 unspecified atom stereocenters. The molecule has 6 heteroatoms. The third-order valence-electron chi connectivity index (χ3n) is 2.93. The molecule has 1 N–H and O–H groups in total. The lowest BCUT2D eigenvalue weighted by atomic mass is 10.0. The molecule has 2 rings (SSSR count). The van der Waals surface area contributed by atoms with E-state index in [9.17, 15) is 13.2 Å². The summed E-state index contributed by atoms with van der Waals surface area (Å²) >= 11 is 7.28. The van der Waals surface area contributed by atoms with Crippen LogP contribution in [0.5, 0.6) is 0 Å². The summed E-state index contributed by atoms with van der Waals surface area (Å²) in [6.45, 7) is 2.42. The summed E-state index contributed by atoms with van der Waals surface area (Å²) in [4.78, 5) is 1.05. The Morgan fingerprint density at radius 3 is 2.60 bits per heavy atom. The number of rotatable bonds is 4. The molecular formula is C14H13ClF3NS. The van der Waals surface area contributed by atoms with E-state index in [2.05, 4.69) is 5.32 Å². The quantitative estimate of drug-likeness (QED) is 0.809. The molecule has 1 aromatic heterocycles. The van der Waals surface area contributed by atoms with E-state index in [0.29, 0.717) is 16.4 Å². The van der Waals surface area contributed by atoms with Crippen LogP contribution in [0.15, 0.2) is 36.4 Å². The Kier molecular flexibility index (Phi) is 4.73. The lowest BCUT2D eigenvalue weighted by molar-refractivity contribution is -0.137. The Hall–Kier alpha value is -1.04. The molecular weight excluding hydrogens is 307 g/mol. The minimum absolute atomic E-state index is 0.168. The average molecular weight is 320 g/mol. The fourth-order valence-corrected chi connectivity index (χ4v) is 2.84. The van der Waals surface area contributed by atoms with E-state index in [0.717, 1.165) is 10.9 Å². The highest BCUT2D eigenvalue weighted by atomic mass is 35.5. The van der Waals surface area contributed by atoms with Crippen molar-refractivity contribution in [2.24, 2.45) is 0 Å². The van der Waals surface area contributed by atoms with Gasteiger partial charge in [-0.25, -0.2) is 0 Å². The van der Waals surface area contributed by atoms with Crippen molar-refractivity contribution in [1.29, 1.82) is 0 Å². The third-order valence-corrected chi connectivity index (χ3v) is 4.16. The molecule has 0 radical (unpaired) electrons. The minimum atomic E-state index is -4.31. The molecule has 0 aliphatic carbocycles. The van der Waals surface area contributed by atoms with E-state index in [4.69, 9.17) is 11.6 Å². The minimum Gasteiger partial charge on any atom is -0.305 e. The van der Waals surface area contributed by atoms with Crippen molar-refractivity contribution in [2.75, 3.05) is 0 Å². The summed E-state index contributed by atoms with van der Waals surface area (Å²) in [5, 5.41) is 3.19. The van der Waals surface area contributed by atoms with E-state index in [1.807, 2.05) is 13.0 Å². The van der Waals surface area contributed by atoms with Gasteiger partial charge in [-0.2, -0.15) is 13.2 Å². The standard InChI is InChI=1S/C14H13ClF3NS/c1-9(19-8-12-5-6-13(15)20-12)10-3-2-4-11(7-10)14(16,17)18/h2-7,9,19H,8H2,1H3. The van der Waals surface area contributed by atoms with Gasteiger partial charge in [0, 0.05) is 17.5 Å². The van der Waals surface area contributed by atoms with Crippen molar-refractivity contribution in [3.8, 4) is 0 Å². The summed E-state index contributed by atoms with van der Waals surface area (Å²) in [5.74, 6) is 0. The topological polar surface area (TPSA) is 12.0 Å². The van der Waals surface area contributed by atoms with Crippen molar-refractivity contribution < 1.29 is 13.2 Å². The summed E-state index contributed by atoms with van der Waals surface area (Å²) in [7, 11) is 0. The Morgan fingerprint density at radius 1 is 1.25 bits per heavy atom. The molecule has 0 aliphatic heterocycles. The van der Waals surface area contributed by atoms with Gasteiger partial charge in [-0.1, -0.05) is 23.7 Å². The van der Waals surface area contributed by atoms with Gasteiger partial charge in [-0.05, 0) is 36.8 Å². The number of halogens is 4. The first-order valence-electron chi connectivity index (χ1n) is 6.01. The van der Waals surface area contributed by atoms with Gasteiger partial charge in [-0.3, -0.25) is 0 Å². The van der Waals surface area contributed by atoms with Crippen molar-refractivity contribution in [2.45, 2.75) is 25.7 Å². The lowest BCUT2D eigenvalue weighted by Gasteiger charge is -2.15. The predicted molar refractivity (Wildman–Crippen MR) is 76.0 cm³/mol. The van der Waals surface area contributed by atoms with Gasteiger partial charge in [0.2, 0.25) is 0 Å². The maximum Gasteiger partial charge on any atom is 0.416 e. The van der Waals surface area contributed by atoms with Gasteiger partial charge in [0.1, 0.15) is 0 Å². The van der Waals surface area contributed by atoms with Crippen LogP contribution >= 0.6 is 22.9 Å². The molecule has 1 aromatic carbocycles. The molecule has 1 nitrogen and oxygen atoms in total. The Labute approximate surface area is 124 Å². The van der Waals surface area contributed by atoms with Gasteiger partial charge >= 0.3 is 6.18 Å². The molecule has 1 heterocycles. The van der Waals surface area contributed by atoms with Gasteiger partial charge < -0.3 is 5.32 Å². The van der Waals surface area contributed by atoms with Gasteiger partial charge in [0.05, 0.1) is 9.90 Å². The average Bonchev–Trinajstić information content (AvgIpc) is 2.81. The van der Waals surface area contributed by atoms with Crippen LogP contribution in [0.4, 0.5) is 13.2 Å². The van der Waals surface area contributed by atoms with Crippen molar-refractivity contribution in [3.05, 3.63) is 56.7 Å². The zero-order valence-corrected chi connectivity index (χ0v) is 12.2. The highest BCUT2D eigenvalue weighted by Crippen LogP contribution is 2.31. The summed E-state index contributed by atoms with van der Waals surface area (Å²) in [5.41, 5.74) is -0.00899. The molecule has 0 fully saturated rings. The Balaban J connectivity index is 2.03. The van der Waals surface area contributed by atoms with Crippen LogP contribution in [0.1, 0.15) is 29.0 Å². The van der Waals surface area contributed by atoms with Crippen molar-refractivity contribution >= 4 is 22.9 Å². The van der Waals surface area contributed by atoms with Crippen LogP contribution in [0.3, 0.4) is 0 Å². The van der Waals surface area contributed by atoms with E-state index >= 15 is 0 Å². The first kappa shape index (κ1) is 15.4. The summed E-state index contributed by atoms with van der Waals surface area (Å²) < 4.78 is 38.7. The first-order valence-corrected chi connectivity index (χ1v) is 7.20. The molecule has 0 aliphatic rings. The number of alkyl halides is 3. The van der Waals surface area contributed by atoms with Gasteiger partial charge in [0.15, 0.2) is 0 Å². The van der Waals surface area contributed by atoms with E-state index in [-0.39, 0.29) is 6.04 Å². The fraction of sp³-hybridized carbons (Fsp3) is 0.286. The van der Waals surface area contributed by atoms with Crippen LogP contribution in [-0.4, -0.2) is 0 Å². The van der Waals surface area contributed by atoms with Gasteiger partial charge in [-0.15, -0.1) is 11.3 Å². The zero-order valence-electron chi connectivity index (χ0n) is 10.7. The Bertz CT molecular complexity index is 580. The maximum absolute atomic E-state index is 12.7. The van der Waals surface area contributed by atoms with E-state index < -0.39 is 11.7 Å². The molecule has 1 atom stereocenters. The van der Waals surface area contributed by atoms with Crippen LogP contribution in [0, 0.1) is 0 Å². The van der Waals surface area contributed by atoms with E-state index in [1.54, 1.807) is 12.1 Å². The van der Waals surface area contributed by atoms with Crippen LogP contribution in [-0.2, 0) is 12.7 Å². The van der Waals surface area contributed by atoms with Crippen LogP contribution in [0.25, 0.3) is 0 Å². The number of hydrogen-bond donors (Lipinski definition) is 1. The molecule has 0 bridgehead atoms. The summed E-state index contributed by atoms with van der Waals surface area (Å²) in [6.07, 6.45) is -4.31. The molecule has 0 saturated heterocycles. The molecule has 0 saturated carbocycles.